The lowest BCUT2D eigenvalue weighted by molar-refractivity contribution is -0.138. The van der Waals surface area contributed by atoms with E-state index in [0.717, 1.165) is 16.9 Å². The Bertz CT molecular complexity index is 831. The standard InChI is InChI=1S/C17H19N5O2/c18-13(17(23)24)7-4-8-14-15-16(20-10-19-14)22(11-21-15)9-12-5-2-1-3-6-12/h1-3,5-6,10-11,13H,4,7-9,18H2,(H,23,24)/t13-/m0/s1. The third-order valence-electron chi connectivity index (χ3n) is 3.92. The molecule has 3 rings (SSSR count). The van der Waals surface area contributed by atoms with Crippen molar-refractivity contribution in [2.24, 2.45) is 5.73 Å². The number of carbonyl (C=O) groups is 1. The van der Waals surface area contributed by atoms with Crippen molar-refractivity contribution < 1.29 is 9.90 Å². The highest BCUT2D eigenvalue weighted by Gasteiger charge is 2.13. The number of nitrogens with two attached hydrogens (primary N) is 1. The number of imidazole rings is 1. The lowest BCUT2D eigenvalue weighted by Gasteiger charge is -2.06. The van der Waals surface area contributed by atoms with Crippen LogP contribution in [0, 0.1) is 0 Å². The molecule has 0 aliphatic carbocycles. The Morgan fingerprint density at radius 2 is 2.00 bits per heavy atom. The van der Waals surface area contributed by atoms with E-state index in [2.05, 4.69) is 27.1 Å². The Hall–Kier alpha value is -2.80. The third kappa shape index (κ3) is 3.57. The van der Waals surface area contributed by atoms with Crippen molar-refractivity contribution in [3.05, 3.63) is 54.2 Å². The number of fused-ring (bicyclic) bond motifs is 1. The van der Waals surface area contributed by atoms with Crippen LogP contribution in [0.2, 0.25) is 0 Å². The maximum Gasteiger partial charge on any atom is 0.320 e. The molecule has 2 aromatic heterocycles. The van der Waals surface area contributed by atoms with E-state index in [1.165, 1.54) is 11.9 Å². The highest BCUT2D eigenvalue weighted by atomic mass is 16.4. The summed E-state index contributed by atoms with van der Waals surface area (Å²) in [5, 5.41) is 8.83. The van der Waals surface area contributed by atoms with Gasteiger partial charge in [0.05, 0.1) is 18.6 Å². The number of rotatable bonds is 7. The van der Waals surface area contributed by atoms with Crippen LogP contribution in [0.5, 0.6) is 0 Å². The van der Waals surface area contributed by atoms with E-state index >= 15 is 0 Å². The molecule has 0 bridgehead atoms. The van der Waals surface area contributed by atoms with Crippen molar-refractivity contribution in [3.8, 4) is 0 Å². The summed E-state index contributed by atoms with van der Waals surface area (Å²) in [5.41, 5.74) is 9.07. The van der Waals surface area contributed by atoms with Crippen LogP contribution in [0.4, 0.5) is 0 Å². The molecular weight excluding hydrogens is 306 g/mol. The molecule has 24 heavy (non-hydrogen) atoms. The number of hydrogen-bond donors (Lipinski definition) is 2. The summed E-state index contributed by atoms with van der Waals surface area (Å²) in [6.45, 7) is 0.692. The summed E-state index contributed by atoms with van der Waals surface area (Å²) in [7, 11) is 0. The molecule has 1 aromatic carbocycles. The maximum absolute atomic E-state index is 10.8. The first-order chi connectivity index (χ1) is 11.6. The minimum atomic E-state index is -0.977. The van der Waals surface area contributed by atoms with Gasteiger partial charge < -0.3 is 15.4 Å². The Labute approximate surface area is 139 Å². The van der Waals surface area contributed by atoms with Crippen molar-refractivity contribution in [3.63, 3.8) is 0 Å². The van der Waals surface area contributed by atoms with Crippen LogP contribution >= 0.6 is 0 Å². The minimum absolute atomic E-state index is 0.408. The molecular formula is C17H19N5O2. The number of hydrogen-bond acceptors (Lipinski definition) is 5. The SMILES string of the molecule is N[C@@H](CCCc1ncnc2c1ncn2Cc1ccccc1)C(=O)O. The fraction of sp³-hybridized carbons (Fsp3) is 0.294. The van der Waals surface area contributed by atoms with Crippen LogP contribution in [0.3, 0.4) is 0 Å². The fourth-order valence-corrected chi connectivity index (χ4v) is 2.62. The predicted molar refractivity (Wildman–Crippen MR) is 89.4 cm³/mol. The van der Waals surface area contributed by atoms with E-state index in [1.54, 1.807) is 6.33 Å². The first-order valence-electron chi connectivity index (χ1n) is 7.82. The zero-order chi connectivity index (χ0) is 16.9. The Morgan fingerprint density at radius 3 is 2.75 bits per heavy atom. The molecule has 0 aliphatic heterocycles. The van der Waals surface area contributed by atoms with Crippen LogP contribution in [-0.4, -0.2) is 36.6 Å². The number of aromatic nitrogens is 4. The van der Waals surface area contributed by atoms with Crippen molar-refractivity contribution in [2.75, 3.05) is 0 Å². The van der Waals surface area contributed by atoms with Gasteiger partial charge in [0.2, 0.25) is 0 Å². The summed E-state index contributed by atoms with van der Waals surface area (Å²) in [6.07, 6.45) is 4.97. The summed E-state index contributed by atoms with van der Waals surface area (Å²) >= 11 is 0. The second kappa shape index (κ2) is 7.18. The average Bonchev–Trinajstić information content (AvgIpc) is 2.99. The first kappa shape index (κ1) is 16.1. The van der Waals surface area contributed by atoms with Gasteiger partial charge in [0.25, 0.3) is 0 Å². The van der Waals surface area contributed by atoms with Gasteiger partial charge in [-0.15, -0.1) is 0 Å². The van der Waals surface area contributed by atoms with Crippen LogP contribution in [0.15, 0.2) is 43.0 Å². The van der Waals surface area contributed by atoms with Gasteiger partial charge in [0.1, 0.15) is 17.9 Å². The van der Waals surface area contributed by atoms with Gasteiger partial charge in [-0.2, -0.15) is 0 Å². The van der Waals surface area contributed by atoms with Gasteiger partial charge in [-0.1, -0.05) is 30.3 Å². The number of nitrogens with zero attached hydrogens (tertiary/aromatic N) is 4. The molecule has 0 fully saturated rings. The molecule has 0 aliphatic rings. The Balaban J connectivity index is 1.75. The van der Waals surface area contributed by atoms with Gasteiger partial charge in [0, 0.05) is 0 Å². The van der Waals surface area contributed by atoms with E-state index in [4.69, 9.17) is 10.8 Å². The smallest absolute Gasteiger partial charge is 0.320 e. The second-order valence-electron chi connectivity index (χ2n) is 5.69. The summed E-state index contributed by atoms with van der Waals surface area (Å²) in [4.78, 5) is 23.8. The molecule has 124 valence electrons. The van der Waals surface area contributed by atoms with Gasteiger partial charge in [-0.05, 0) is 24.8 Å². The highest BCUT2D eigenvalue weighted by Crippen LogP contribution is 2.16. The van der Waals surface area contributed by atoms with E-state index in [1.807, 2.05) is 22.8 Å². The van der Waals surface area contributed by atoms with Crippen LogP contribution in [-0.2, 0) is 17.8 Å². The van der Waals surface area contributed by atoms with E-state index in [0.29, 0.717) is 25.8 Å². The number of benzene rings is 1. The molecule has 2 heterocycles. The van der Waals surface area contributed by atoms with Crippen molar-refractivity contribution in [1.82, 2.24) is 19.5 Å². The zero-order valence-electron chi connectivity index (χ0n) is 13.2. The average molecular weight is 325 g/mol. The molecule has 0 amide bonds. The summed E-state index contributed by atoms with van der Waals surface area (Å²) < 4.78 is 1.98. The van der Waals surface area contributed by atoms with E-state index < -0.39 is 12.0 Å². The summed E-state index contributed by atoms with van der Waals surface area (Å²) in [5.74, 6) is -0.977. The lowest BCUT2D eigenvalue weighted by Crippen LogP contribution is -2.29. The largest absolute Gasteiger partial charge is 0.480 e. The van der Waals surface area contributed by atoms with Gasteiger partial charge in [0.15, 0.2) is 5.65 Å². The van der Waals surface area contributed by atoms with Crippen molar-refractivity contribution in [1.29, 1.82) is 0 Å². The quantitative estimate of drug-likeness (QED) is 0.683. The fourth-order valence-electron chi connectivity index (χ4n) is 2.62. The van der Waals surface area contributed by atoms with Crippen LogP contribution in [0.1, 0.15) is 24.1 Å². The molecule has 0 spiro atoms. The van der Waals surface area contributed by atoms with Gasteiger partial charge >= 0.3 is 5.97 Å². The number of aliphatic carboxylic acids is 1. The van der Waals surface area contributed by atoms with Crippen LogP contribution < -0.4 is 5.73 Å². The number of carboxylic acids is 1. The number of carboxylic acid groups (broad SMARTS) is 1. The molecule has 1 atom stereocenters. The zero-order valence-corrected chi connectivity index (χ0v) is 13.2. The Morgan fingerprint density at radius 1 is 1.21 bits per heavy atom. The maximum atomic E-state index is 10.8. The molecule has 0 unspecified atom stereocenters. The second-order valence-corrected chi connectivity index (χ2v) is 5.69. The normalized spacial score (nSPS) is 12.4. The molecule has 7 nitrogen and oxygen atoms in total. The van der Waals surface area contributed by atoms with E-state index in [9.17, 15) is 4.79 Å². The summed E-state index contributed by atoms with van der Waals surface area (Å²) in [6, 6.07) is 9.26. The molecule has 0 saturated carbocycles. The minimum Gasteiger partial charge on any atom is -0.480 e. The van der Waals surface area contributed by atoms with Gasteiger partial charge in [-0.3, -0.25) is 4.79 Å². The first-order valence-corrected chi connectivity index (χ1v) is 7.82. The monoisotopic (exact) mass is 325 g/mol. The topological polar surface area (TPSA) is 107 Å². The molecule has 7 heteroatoms. The predicted octanol–water partition coefficient (Wildman–Crippen LogP) is 1.61. The lowest BCUT2D eigenvalue weighted by atomic mass is 10.1. The highest BCUT2D eigenvalue weighted by molar-refractivity contribution is 5.73. The molecule has 3 N–H and O–H groups in total. The number of aryl methyl sites for hydroxylation is 1. The molecule has 3 aromatic rings. The Kier molecular flexibility index (Phi) is 4.81. The molecule has 0 radical (unpaired) electrons. The van der Waals surface area contributed by atoms with E-state index in [-0.39, 0.29) is 0 Å². The van der Waals surface area contributed by atoms with Crippen LogP contribution in [0.25, 0.3) is 11.2 Å². The van der Waals surface area contributed by atoms with Gasteiger partial charge in [-0.25, -0.2) is 15.0 Å². The third-order valence-corrected chi connectivity index (χ3v) is 3.92. The molecule has 0 saturated heterocycles. The van der Waals surface area contributed by atoms with Crippen molar-refractivity contribution in [2.45, 2.75) is 31.8 Å². The van der Waals surface area contributed by atoms with Crippen molar-refractivity contribution >= 4 is 17.1 Å².